The smallest absolute Gasteiger partial charge is 0.0732 e. The van der Waals surface area contributed by atoms with Gasteiger partial charge in [-0.1, -0.05) is 51.2 Å². The van der Waals surface area contributed by atoms with Gasteiger partial charge in [-0.05, 0) is 35.8 Å². The lowest BCUT2D eigenvalue weighted by atomic mass is 9.61. The summed E-state index contributed by atoms with van der Waals surface area (Å²) in [6.07, 6.45) is 3.51. The van der Waals surface area contributed by atoms with Gasteiger partial charge in [-0.2, -0.15) is 0 Å². The van der Waals surface area contributed by atoms with Gasteiger partial charge in [0.2, 0.25) is 0 Å². The molecule has 3 heteroatoms. The first-order valence-corrected chi connectivity index (χ1v) is 12.0. The summed E-state index contributed by atoms with van der Waals surface area (Å²) in [5.41, 5.74) is 5.34. The zero-order valence-corrected chi connectivity index (χ0v) is 16.9. The highest BCUT2D eigenvalue weighted by atomic mass is 28.3. The summed E-state index contributed by atoms with van der Waals surface area (Å²) >= 11 is 0. The molecular weight excluding hydrogens is 288 g/mol. The fourth-order valence-electron chi connectivity index (χ4n) is 4.18. The molecule has 2 rings (SSSR count). The van der Waals surface area contributed by atoms with Crippen LogP contribution >= 0.6 is 0 Å². The lowest BCUT2D eigenvalue weighted by Crippen LogP contribution is -2.43. The maximum absolute atomic E-state index is 5.61. The van der Waals surface area contributed by atoms with E-state index >= 15 is 0 Å². The van der Waals surface area contributed by atoms with Crippen LogP contribution in [0.4, 0.5) is 0 Å². The predicted octanol–water partition coefficient (Wildman–Crippen LogP) is 4.98. The van der Waals surface area contributed by atoms with Crippen LogP contribution in [0.2, 0.25) is 19.6 Å². The molecule has 0 N–H and O–H groups in total. The Morgan fingerprint density at radius 3 is 1.91 bits per heavy atom. The molecule has 0 aromatic heterocycles. The minimum atomic E-state index is -1.22. The van der Waals surface area contributed by atoms with Crippen molar-refractivity contribution in [2.24, 2.45) is 10.8 Å². The van der Waals surface area contributed by atoms with Gasteiger partial charge < -0.3 is 9.47 Å². The molecule has 0 fully saturated rings. The van der Waals surface area contributed by atoms with Crippen molar-refractivity contribution in [3.8, 4) is 0 Å². The van der Waals surface area contributed by atoms with Crippen LogP contribution in [0, 0.1) is 10.8 Å². The molecule has 126 valence electrons. The molecule has 0 amide bonds. The first-order chi connectivity index (χ1) is 10.0. The molecule has 0 heterocycles. The van der Waals surface area contributed by atoms with E-state index in [2.05, 4.69) is 40.4 Å². The van der Waals surface area contributed by atoms with Crippen molar-refractivity contribution in [2.75, 3.05) is 27.4 Å². The monoisotopic (exact) mass is 322 g/mol. The number of allylic oxidation sites excluding steroid dienone is 4. The third kappa shape index (κ3) is 3.27. The Morgan fingerprint density at radius 1 is 0.955 bits per heavy atom. The number of fused-ring (bicyclic) bond motifs is 1. The first-order valence-electron chi connectivity index (χ1n) is 8.47. The molecule has 0 unspecified atom stereocenters. The van der Waals surface area contributed by atoms with Crippen molar-refractivity contribution < 1.29 is 9.47 Å². The lowest BCUT2D eigenvalue weighted by Gasteiger charge is -2.49. The molecule has 0 spiro atoms. The summed E-state index contributed by atoms with van der Waals surface area (Å²) in [4.78, 5) is 0. The van der Waals surface area contributed by atoms with Gasteiger partial charge in [-0.15, -0.1) is 0 Å². The quantitative estimate of drug-likeness (QED) is 0.665. The van der Waals surface area contributed by atoms with Crippen molar-refractivity contribution >= 4 is 8.07 Å². The van der Waals surface area contributed by atoms with Crippen LogP contribution in [0.1, 0.15) is 40.0 Å². The fourth-order valence-corrected chi connectivity index (χ4v) is 6.03. The van der Waals surface area contributed by atoms with E-state index in [9.17, 15) is 0 Å². The number of rotatable bonds is 5. The van der Waals surface area contributed by atoms with Crippen LogP contribution in [0.5, 0.6) is 0 Å². The molecule has 0 atom stereocenters. The van der Waals surface area contributed by atoms with Gasteiger partial charge in [-0.25, -0.2) is 0 Å². The number of hydrogen-bond donors (Lipinski definition) is 0. The number of hydrogen-bond acceptors (Lipinski definition) is 2. The predicted molar refractivity (Wildman–Crippen MR) is 96.9 cm³/mol. The fraction of sp³-hybridized carbons (Fsp3) is 0.789. The molecule has 2 aliphatic carbocycles. The van der Waals surface area contributed by atoms with E-state index in [1.54, 1.807) is 21.9 Å². The average Bonchev–Trinajstić information content (AvgIpc) is 2.30. The molecule has 0 saturated carbocycles. The molecule has 2 aliphatic rings. The Hall–Kier alpha value is -0.383. The second kappa shape index (κ2) is 5.92. The highest BCUT2D eigenvalue weighted by Gasteiger charge is 2.46. The van der Waals surface area contributed by atoms with E-state index in [0.29, 0.717) is 0 Å². The second-order valence-electron chi connectivity index (χ2n) is 9.31. The molecule has 0 saturated heterocycles. The SMILES string of the molecule is COCC1(COC)CC2=C([Si](C)(C)C)CC2=C(C(C)(C)C)C1. The normalized spacial score (nSPS) is 21.8. The minimum absolute atomic E-state index is 0.121. The number of ether oxygens (including phenoxy) is 2. The van der Waals surface area contributed by atoms with Crippen LogP contribution in [0.15, 0.2) is 21.9 Å². The van der Waals surface area contributed by atoms with Crippen LogP contribution < -0.4 is 0 Å². The van der Waals surface area contributed by atoms with Gasteiger partial charge >= 0.3 is 0 Å². The topological polar surface area (TPSA) is 18.5 Å². The summed E-state index contributed by atoms with van der Waals surface area (Å²) in [6, 6.07) is 0. The van der Waals surface area contributed by atoms with Crippen LogP contribution in [0.25, 0.3) is 0 Å². The van der Waals surface area contributed by atoms with Crippen LogP contribution in [-0.4, -0.2) is 35.5 Å². The standard InChI is InChI=1S/C19H34O2Si/c1-18(2,3)16-11-19(12-20-4,13-21-5)10-15-14(16)9-17(15)22(6,7)8/h9-13H2,1-8H3. The highest BCUT2D eigenvalue weighted by Crippen LogP contribution is 2.56. The molecule has 0 bridgehead atoms. The van der Waals surface area contributed by atoms with E-state index in [0.717, 1.165) is 26.1 Å². The molecule has 22 heavy (non-hydrogen) atoms. The third-order valence-electron chi connectivity index (χ3n) is 5.26. The van der Waals surface area contributed by atoms with E-state index in [1.165, 1.54) is 6.42 Å². The van der Waals surface area contributed by atoms with Crippen molar-refractivity contribution in [1.29, 1.82) is 0 Å². The molecule has 0 aromatic rings. The first kappa shape index (κ1) is 18.0. The third-order valence-corrected chi connectivity index (χ3v) is 7.55. The van der Waals surface area contributed by atoms with E-state index in [4.69, 9.17) is 9.47 Å². The molecule has 0 aromatic carbocycles. The van der Waals surface area contributed by atoms with E-state index < -0.39 is 8.07 Å². The summed E-state index contributed by atoms with van der Waals surface area (Å²) in [7, 11) is 2.43. The Kier molecular flexibility index (Phi) is 4.83. The summed E-state index contributed by atoms with van der Waals surface area (Å²) in [5, 5.41) is 1.78. The van der Waals surface area contributed by atoms with E-state index in [1.807, 2.05) is 14.2 Å². The maximum Gasteiger partial charge on any atom is 0.0732 e. The van der Waals surface area contributed by atoms with Crippen LogP contribution in [-0.2, 0) is 9.47 Å². The van der Waals surface area contributed by atoms with Gasteiger partial charge in [0.05, 0.1) is 21.3 Å². The Morgan fingerprint density at radius 2 is 1.50 bits per heavy atom. The van der Waals surface area contributed by atoms with Gasteiger partial charge in [0.25, 0.3) is 0 Å². The summed E-state index contributed by atoms with van der Waals surface area (Å²) in [5.74, 6) is 0. The maximum atomic E-state index is 5.61. The summed E-state index contributed by atoms with van der Waals surface area (Å²) in [6.45, 7) is 16.1. The van der Waals surface area contributed by atoms with Gasteiger partial charge in [0.1, 0.15) is 0 Å². The lowest BCUT2D eigenvalue weighted by molar-refractivity contribution is 0.00447. The Bertz CT molecular complexity index is 495. The highest BCUT2D eigenvalue weighted by molar-refractivity contribution is 6.83. The Balaban J connectivity index is 2.51. The zero-order chi connectivity index (χ0) is 16.8. The minimum Gasteiger partial charge on any atom is -0.384 e. The van der Waals surface area contributed by atoms with Crippen molar-refractivity contribution in [3.63, 3.8) is 0 Å². The van der Waals surface area contributed by atoms with Crippen molar-refractivity contribution in [2.45, 2.75) is 59.7 Å². The zero-order valence-electron chi connectivity index (χ0n) is 15.9. The van der Waals surface area contributed by atoms with Gasteiger partial charge in [-0.3, -0.25) is 0 Å². The average molecular weight is 323 g/mol. The van der Waals surface area contributed by atoms with Gasteiger partial charge in [0, 0.05) is 19.6 Å². The molecule has 0 aliphatic heterocycles. The van der Waals surface area contributed by atoms with Crippen molar-refractivity contribution in [3.05, 3.63) is 21.9 Å². The largest absolute Gasteiger partial charge is 0.384 e. The summed E-state index contributed by atoms with van der Waals surface area (Å²) < 4.78 is 11.2. The molecular formula is C19H34O2Si. The van der Waals surface area contributed by atoms with Crippen LogP contribution in [0.3, 0.4) is 0 Å². The Labute approximate surface area is 138 Å². The van der Waals surface area contributed by atoms with Gasteiger partial charge in [0.15, 0.2) is 0 Å². The molecule has 2 nitrogen and oxygen atoms in total. The second-order valence-corrected chi connectivity index (χ2v) is 14.4. The number of methoxy groups -OCH3 is 2. The van der Waals surface area contributed by atoms with E-state index in [-0.39, 0.29) is 10.8 Å². The van der Waals surface area contributed by atoms with Crippen molar-refractivity contribution in [1.82, 2.24) is 0 Å². The molecule has 0 radical (unpaired) electrons.